The Morgan fingerprint density at radius 3 is 2.86 bits per heavy atom. The van der Waals surface area contributed by atoms with Crippen molar-refractivity contribution in [3.8, 4) is 0 Å². The third-order valence-electron chi connectivity index (χ3n) is 6.24. The highest BCUT2D eigenvalue weighted by molar-refractivity contribution is 8.00. The van der Waals surface area contributed by atoms with Crippen molar-refractivity contribution in [2.24, 2.45) is 11.8 Å². The van der Waals surface area contributed by atoms with Crippen molar-refractivity contribution in [1.29, 1.82) is 0 Å². The molecule has 1 fully saturated rings. The lowest BCUT2D eigenvalue weighted by Crippen LogP contribution is -2.44. The Balaban J connectivity index is 1.50. The molecule has 1 amide bonds. The van der Waals surface area contributed by atoms with Crippen LogP contribution >= 0.6 is 23.1 Å². The topological polar surface area (TPSA) is 74.8 Å². The van der Waals surface area contributed by atoms with Crippen molar-refractivity contribution in [2.45, 2.75) is 82.2 Å². The third-order valence-corrected chi connectivity index (χ3v) is 8.37. The minimum absolute atomic E-state index is 0.0331. The lowest BCUT2D eigenvalue weighted by Gasteiger charge is -2.30. The van der Waals surface area contributed by atoms with Gasteiger partial charge in [-0.25, -0.2) is 4.98 Å². The highest BCUT2D eigenvalue weighted by Gasteiger charge is 2.27. The first kappa shape index (κ1) is 20.0. The Labute approximate surface area is 174 Å². The second kappa shape index (κ2) is 8.19. The smallest absolute Gasteiger partial charge is 0.260 e. The lowest BCUT2D eigenvalue weighted by atomic mass is 9.86. The summed E-state index contributed by atoms with van der Waals surface area (Å²) in [5.74, 6) is 1.23. The number of carbonyl (C=O) groups excluding carboxylic acids is 1. The number of aromatic amines is 1. The van der Waals surface area contributed by atoms with E-state index >= 15 is 0 Å². The highest BCUT2D eigenvalue weighted by atomic mass is 32.2. The molecule has 2 aromatic heterocycles. The van der Waals surface area contributed by atoms with E-state index in [4.69, 9.17) is 4.98 Å². The van der Waals surface area contributed by atoms with E-state index in [1.807, 2.05) is 6.92 Å². The third kappa shape index (κ3) is 4.01. The summed E-state index contributed by atoms with van der Waals surface area (Å²) in [5, 5.41) is 4.23. The number of aromatic nitrogens is 2. The highest BCUT2D eigenvalue weighted by Crippen LogP contribution is 2.36. The zero-order chi connectivity index (χ0) is 19.8. The number of nitrogens with zero attached hydrogens (tertiary/aromatic N) is 1. The van der Waals surface area contributed by atoms with E-state index in [1.54, 1.807) is 11.3 Å². The van der Waals surface area contributed by atoms with Gasteiger partial charge in [0, 0.05) is 10.9 Å². The predicted molar refractivity (Wildman–Crippen MR) is 116 cm³/mol. The number of H-pyrrole nitrogens is 1. The Kier molecular flexibility index (Phi) is 5.83. The SMILES string of the molecule is C[C@@H]1CCc2c(sc3nc(S[C@@H](C)C(=O)N[C@@H]4CCCC[C@@H]4C)[nH]c(=O)c23)C1. The van der Waals surface area contributed by atoms with Gasteiger partial charge in [0.2, 0.25) is 5.91 Å². The molecule has 2 aliphatic carbocycles. The van der Waals surface area contributed by atoms with Crippen LogP contribution in [0.3, 0.4) is 0 Å². The summed E-state index contributed by atoms with van der Waals surface area (Å²) in [7, 11) is 0. The van der Waals surface area contributed by atoms with Gasteiger partial charge >= 0.3 is 0 Å². The van der Waals surface area contributed by atoms with Gasteiger partial charge in [-0.1, -0.05) is 38.5 Å². The molecule has 1 saturated carbocycles. The molecule has 0 radical (unpaired) electrons. The molecule has 0 saturated heterocycles. The van der Waals surface area contributed by atoms with E-state index in [0.29, 0.717) is 17.0 Å². The fraction of sp³-hybridized carbons (Fsp3) is 0.667. The monoisotopic (exact) mass is 419 g/mol. The number of carbonyl (C=O) groups is 1. The normalized spacial score (nSPS) is 26.0. The first-order chi connectivity index (χ1) is 13.4. The second-order valence-corrected chi connectivity index (χ2v) is 11.0. The number of thioether (sulfide) groups is 1. The van der Waals surface area contributed by atoms with E-state index in [0.717, 1.165) is 35.9 Å². The Morgan fingerprint density at radius 2 is 2.07 bits per heavy atom. The van der Waals surface area contributed by atoms with Crippen LogP contribution in [-0.2, 0) is 17.6 Å². The number of hydrogen-bond acceptors (Lipinski definition) is 5. The van der Waals surface area contributed by atoms with Crippen molar-refractivity contribution in [3.63, 3.8) is 0 Å². The minimum Gasteiger partial charge on any atom is -0.352 e. The molecule has 0 aliphatic heterocycles. The molecule has 7 heteroatoms. The quantitative estimate of drug-likeness (QED) is 0.573. The van der Waals surface area contributed by atoms with Gasteiger partial charge in [-0.3, -0.25) is 9.59 Å². The molecule has 4 atom stereocenters. The first-order valence-electron chi connectivity index (χ1n) is 10.4. The van der Waals surface area contributed by atoms with Crippen LogP contribution in [0.15, 0.2) is 9.95 Å². The van der Waals surface area contributed by atoms with Gasteiger partial charge in [0.15, 0.2) is 5.16 Å². The van der Waals surface area contributed by atoms with Crippen LogP contribution in [0, 0.1) is 11.8 Å². The summed E-state index contributed by atoms with van der Waals surface area (Å²) in [6, 6.07) is 0.268. The van der Waals surface area contributed by atoms with Gasteiger partial charge in [0.05, 0.1) is 10.6 Å². The second-order valence-electron chi connectivity index (χ2n) is 8.54. The largest absolute Gasteiger partial charge is 0.352 e. The van der Waals surface area contributed by atoms with Gasteiger partial charge in [-0.15, -0.1) is 11.3 Å². The van der Waals surface area contributed by atoms with E-state index < -0.39 is 0 Å². The molecule has 2 aromatic rings. The number of hydrogen-bond donors (Lipinski definition) is 2. The number of aryl methyl sites for hydroxylation is 1. The van der Waals surface area contributed by atoms with Gasteiger partial charge in [0.1, 0.15) is 4.83 Å². The Morgan fingerprint density at radius 1 is 1.29 bits per heavy atom. The van der Waals surface area contributed by atoms with E-state index in [2.05, 4.69) is 24.1 Å². The van der Waals surface area contributed by atoms with Crippen molar-refractivity contribution in [2.75, 3.05) is 0 Å². The molecular formula is C21H29N3O2S2. The molecule has 2 heterocycles. The number of amides is 1. The Hall–Kier alpha value is -1.34. The van der Waals surface area contributed by atoms with Crippen molar-refractivity contribution in [1.82, 2.24) is 15.3 Å². The summed E-state index contributed by atoms with van der Waals surface area (Å²) in [6.07, 6.45) is 7.81. The average Bonchev–Trinajstić information content (AvgIpc) is 3.01. The summed E-state index contributed by atoms with van der Waals surface area (Å²) < 4.78 is 0. The van der Waals surface area contributed by atoms with Crippen LogP contribution < -0.4 is 10.9 Å². The zero-order valence-corrected chi connectivity index (χ0v) is 18.5. The maximum atomic E-state index is 12.7. The molecule has 0 bridgehead atoms. The van der Waals surface area contributed by atoms with Crippen LogP contribution in [0.25, 0.3) is 10.2 Å². The van der Waals surface area contributed by atoms with Crippen LogP contribution in [0.2, 0.25) is 0 Å². The van der Waals surface area contributed by atoms with Crippen molar-refractivity contribution in [3.05, 3.63) is 20.8 Å². The van der Waals surface area contributed by atoms with Crippen molar-refractivity contribution < 1.29 is 4.79 Å². The van der Waals surface area contributed by atoms with Crippen LogP contribution in [0.1, 0.15) is 63.3 Å². The minimum atomic E-state index is -0.288. The molecule has 5 nitrogen and oxygen atoms in total. The van der Waals surface area contributed by atoms with Crippen LogP contribution in [0.5, 0.6) is 0 Å². The molecule has 4 rings (SSSR count). The van der Waals surface area contributed by atoms with Gasteiger partial charge in [-0.05, 0) is 56.4 Å². The molecular weight excluding hydrogens is 390 g/mol. The van der Waals surface area contributed by atoms with Crippen LogP contribution in [0.4, 0.5) is 0 Å². The predicted octanol–water partition coefficient (Wildman–Crippen LogP) is 4.28. The molecule has 2 N–H and O–H groups in total. The van der Waals surface area contributed by atoms with Gasteiger partial charge in [0.25, 0.3) is 5.56 Å². The van der Waals surface area contributed by atoms with Gasteiger partial charge < -0.3 is 10.3 Å². The summed E-state index contributed by atoms with van der Waals surface area (Å²) in [4.78, 5) is 35.1. The maximum Gasteiger partial charge on any atom is 0.260 e. The fourth-order valence-corrected chi connectivity index (χ4v) is 6.68. The summed E-state index contributed by atoms with van der Waals surface area (Å²) in [6.45, 7) is 6.37. The van der Waals surface area contributed by atoms with Gasteiger partial charge in [-0.2, -0.15) is 0 Å². The summed E-state index contributed by atoms with van der Waals surface area (Å²) >= 11 is 3.00. The van der Waals surface area contributed by atoms with Crippen molar-refractivity contribution >= 4 is 39.2 Å². The summed E-state index contributed by atoms with van der Waals surface area (Å²) in [5.41, 5.74) is 1.13. The standard InChI is InChI=1S/C21H29N3O2S2/c1-11-8-9-14-16(10-11)28-20-17(14)19(26)23-21(24-20)27-13(3)18(25)22-15-7-5-4-6-12(15)2/h11-13,15H,4-10H2,1-3H3,(H,22,25)(H,23,24,26)/t11-,12+,13+,15-/m1/s1. The number of fused-ring (bicyclic) bond motifs is 3. The lowest BCUT2D eigenvalue weighted by molar-refractivity contribution is -0.121. The Bertz CT molecular complexity index is 936. The maximum absolute atomic E-state index is 12.7. The molecule has 152 valence electrons. The molecule has 28 heavy (non-hydrogen) atoms. The molecule has 2 aliphatic rings. The van der Waals surface area contributed by atoms with Crippen LogP contribution in [-0.4, -0.2) is 27.2 Å². The molecule has 0 spiro atoms. The first-order valence-corrected chi connectivity index (χ1v) is 12.1. The number of thiophene rings is 1. The molecule has 0 aromatic carbocycles. The number of rotatable bonds is 4. The van der Waals surface area contributed by atoms with E-state index in [-0.39, 0.29) is 22.8 Å². The zero-order valence-electron chi connectivity index (χ0n) is 16.8. The van der Waals surface area contributed by atoms with E-state index in [9.17, 15) is 9.59 Å². The number of nitrogens with one attached hydrogen (secondary N) is 2. The van der Waals surface area contributed by atoms with E-state index in [1.165, 1.54) is 41.5 Å². The molecule has 0 unspecified atom stereocenters. The average molecular weight is 420 g/mol. The fourth-order valence-electron chi connectivity index (χ4n) is 4.44.